The number of nitrogens with two attached hydrogens (primary N) is 1. The van der Waals surface area contributed by atoms with Crippen LogP contribution < -0.4 is 11.1 Å². The molecule has 0 aliphatic heterocycles. The molecule has 21 heavy (non-hydrogen) atoms. The summed E-state index contributed by atoms with van der Waals surface area (Å²) in [7, 11) is 1.74. The Morgan fingerprint density at radius 3 is 2.76 bits per heavy atom. The Labute approximate surface area is 132 Å². The monoisotopic (exact) mass is 321 g/mol. The van der Waals surface area contributed by atoms with Crippen LogP contribution in [0, 0.1) is 11.8 Å². The normalized spacial score (nSPS) is 9.90. The molecule has 0 saturated heterocycles. The van der Waals surface area contributed by atoms with E-state index in [1.807, 2.05) is 0 Å². The third-order valence-corrected chi connectivity index (χ3v) is 3.29. The average molecular weight is 322 g/mol. The van der Waals surface area contributed by atoms with E-state index in [1.54, 1.807) is 42.1 Å². The SMILES string of the molecule is Cn1cc(Cl)cc1C(=O)Nc1cc(C#CCN)ccc1Cl. The fraction of sp³-hybridized carbons (Fsp3) is 0.133. The van der Waals surface area contributed by atoms with Gasteiger partial charge < -0.3 is 15.6 Å². The Morgan fingerprint density at radius 2 is 2.14 bits per heavy atom. The Bertz CT molecular complexity index is 741. The van der Waals surface area contributed by atoms with Crippen LogP contribution in [0.1, 0.15) is 16.1 Å². The summed E-state index contributed by atoms with van der Waals surface area (Å²) in [4.78, 5) is 12.2. The highest BCUT2D eigenvalue weighted by molar-refractivity contribution is 6.34. The number of aromatic nitrogens is 1. The third-order valence-electron chi connectivity index (χ3n) is 2.75. The summed E-state index contributed by atoms with van der Waals surface area (Å²) in [6, 6.07) is 6.73. The lowest BCUT2D eigenvalue weighted by molar-refractivity contribution is 0.101. The molecule has 6 heteroatoms. The molecule has 0 atom stereocenters. The number of aryl methyl sites for hydroxylation is 1. The maximum absolute atomic E-state index is 12.2. The van der Waals surface area contributed by atoms with Crippen molar-refractivity contribution in [1.82, 2.24) is 4.57 Å². The average Bonchev–Trinajstić information content (AvgIpc) is 2.78. The van der Waals surface area contributed by atoms with Gasteiger partial charge in [-0.15, -0.1) is 0 Å². The van der Waals surface area contributed by atoms with Gasteiger partial charge in [-0.25, -0.2) is 0 Å². The highest BCUT2D eigenvalue weighted by Gasteiger charge is 2.13. The molecule has 2 aromatic rings. The standard InChI is InChI=1S/C15H13Cl2N3O/c1-20-9-11(16)8-14(20)15(21)19-13-7-10(3-2-6-18)4-5-12(13)17/h4-5,7-9H,6,18H2,1H3,(H,19,21). The van der Waals surface area contributed by atoms with Gasteiger partial charge in [-0.2, -0.15) is 0 Å². The largest absolute Gasteiger partial charge is 0.345 e. The van der Waals surface area contributed by atoms with Crippen LogP contribution in [-0.2, 0) is 7.05 Å². The highest BCUT2D eigenvalue weighted by Crippen LogP contribution is 2.24. The zero-order chi connectivity index (χ0) is 15.4. The lowest BCUT2D eigenvalue weighted by Crippen LogP contribution is -2.15. The van der Waals surface area contributed by atoms with E-state index in [0.717, 1.165) is 5.56 Å². The van der Waals surface area contributed by atoms with Gasteiger partial charge in [0.2, 0.25) is 0 Å². The first-order valence-electron chi connectivity index (χ1n) is 6.13. The molecule has 1 aromatic carbocycles. The van der Waals surface area contributed by atoms with E-state index in [0.29, 0.717) is 21.4 Å². The summed E-state index contributed by atoms with van der Waals surface area (Å²) in [6.07, 6.45) is 1.65. The molecule has 3 N–H and O–H groups in total. The maximum atomic E-state index is 12.2. The molecule has 0 fully saturated rings. The number of benzene rings is 1. The second kappa shape index (κ2) is 6.68. The number of carbonyl (C=O) groups excluding carboxylic acids is 1. The summed E-state index contributed by atoms with van der Waals surface area (Å²) in [5, 5.41) is 3.68. The van der Waals surface area contributed by atoms with Gasteiger partial charge in [-0.3, -0.25) is 4.79 Å². The van der Waals surface area contributed by atoms with Crippen LogP contribution in [0.4, 0.5) is 5.69 Å². The van der Waals surface area contributed by atoms with E-state index in [1.165, 1.54) is 0 Å². The van der Waals surface area contributed by atoms with Gasteiger partial charge in [0.1, 0.15) is 5.69 Å². The Kier molecular flexibility index (Phi) is 4.92. The minimum absolute atomic E-state index is 0.270. The molecule has 0 saturated carbocycles. The molecular formula is C15H13Cl2N3O. The third kappa shape index (κ3) is 3.79. The van der Waals surface area contributed by atoms with E-state index in [2.05, 4.69) is 17.2 Å². The Balaban J connectivity index is 2.26. The minimum atomic E-state index is -0.296. The van der Waals surface area contributed by atoms with Crippen molar-refractivity contribution in [2.45, 2.75) is 0 Å². The molecule has 1 heterocycles. The number of carbonyl (C=O) groups is 1. The van der Waals surface area contributed by atoms with Crippen LogP contribution in [0.5, 0.6) is 0 Å². The van der Waals surface area contributed by atoms with E-state index in [9.17, 15) is 4.79 Å². The molecule has 1 amide bonds. The number of hydrogen-bond acceptors (Lipinski definition) is 2. The van der Waals surface area contributed by atoms with Crippen molar-refractivity contribution in [2.24, 2.45) is 12.8 Å². The van der Waals surface area contributed by atoms with Gasteiger partial charge in [0.15, 0.2) is 0 Å². The predicted octanol–water partition coefficient (Wildman–Crippen LogP) is 2.89. The maximum Gasteiger partial charge on any atom is 0.272 e. The molecule has 0 aliphatic carbocycles. The van der Waals surface area contributed by atoms with Crippen LogP contribution in [-0.4, -0.2) is 17.0 Å². The first-order chi connectivity index (χ1) is 10.0. The van der Waals surface area contributed by atoms with Gasteiger partial charge in [0.05, 0.1) is 22.3 Å². The number of nitrogens with one attached hydrogen (secondary N) is 1. The van der Waals surface area contributed by atoms with Crippen LogP contribution in [0.15, 0.2) is 30.5 Å². The lowest BCUT2D eigenvalue weighted by atomic mass is 10.2. The zero-order valence-electron chi connectivity index (χ0n) is 11.3. The number of anilines is 1. The number of hydrogen-bond donors (Lipinski definition) is 2. The quantitative estimate of drug-likeness (QED) is 0.835. The Morgan fingerprint density at radius 1 is 1.38 bits per heavy atom. The van der Waals surface area contributed by atoms with Gasteiger partial charge in [0, 0.05) is 18.8 Å². The van der Waals surface area contributed by atoms with Crippen molar-refractivity contribution in [3.05, 3.63) is 51.8 Å². The molecule has 0 bridgehead atoms. The number of halogens is 2. The highest BCUT2D eigenvalue weighted by atomic mass is 35.5. The fourth-order valence-corrected chi connectivity index (χ4v) is 2.20. The van der Waals surface area contributed by atoms with Crippen molar-refractivity contribution in [3.63, 3.8) is 0 Å². The number of rotatable bonds is 2. The van der Waals surface area contributed by atoms with Crippen LogP contribution in [0.3, 0.4) is 0 Å². The molecule has 0 aliphatic rings. The predicted molar refractivity (Wildman–Crippen MR) is 85.8 cm³/mol. The van der Waals surface area contributed by atoms with Gasteiger partial charge in [0.25, 0.3) is 5.91 Å². The van der Waals surface area contributed by atoms with Crippen LogP contribution in [0.25, 0.3) is 0 Å². The van der Waals surface area contributed by atoms with Crippen molar-refractivity contribution in [1.29, 1.82) is 0 Å². The van der Waals surface area contributed by atoms with E-state index < -0.39 is 0 Å². The van der Waals surface area contributed by atoms with Gasteiger partial charge in [-0.1, -0.05) is 35.0 Å². The lowest BCUT2D eigenvalue weighted by Gasteiger charge is -2.08. The number of nitrogens with zero attached hydrogens (tertiary/aromatic N) is 1. The number of amides is 1. The van der Waals surface area contributed by atoms with Crippen molar-refractivity contribution < 1.29 is 4.79 Å². The van der Waals surface area contributed by atoms with Crippen LogP contribution in [0.2, 0.25) is 10.0 Å². The summed E-state index contributed by atoms with van der Waals surface area (Å²) < 4.78 is 1.64. The molecule has 0 radical (unpaired) electrons. The summed E-state index contributed by atoms with van der Waals surface area (Å²) in [5.41, 5.74) is 6.99. The summed E-state index contributed by atoms with van der Waals surface area (Å²) in [6.45, 7) is 0.270. The molecule has 2 rings (SSSR count). The molecule has 4 nitrogen and oxygen atoms in total. The zero-order valence-corrected chi connectivity index (χ0v) is 12.8. The molecule has 108 valence electrons. The van der Waals surface area contributed by atoms with Crippen LogP contribution >= 0.6 is 23.2 Å². The molecule has 1 aromatic heterocycles. The first-order valence-corrected chi connectivity index (χ1v) is 6.88. The topological polar surface area (TPSA) is 60.0 Å². The first kappa shape index (κ1) is 15.5. The second-order valence-corrected chi connectivity index (χ2v) is 5.15. The minimum Gasteiger partial charge on any atom is -0.345 e. The summed E-state index contributed by atoms with van der Waals surface area (Å²) in [5.74, 6) is 5.34. The van der Waals surface area contributed by atoms with Crippen molar-refractivity contribution >= 4 is 34.8 Å². The molecule has 0 spiro atoms. The second-order valence-electron chi connectivity index (χ2n) is 4.31. The van der Waals surface area contributed by atoms with E-state index in [-0.39, 0.29) is 12.5 Å². The van der Waals surface area contributed by atoms with E-state index in [4.69, 9.17) is 28.9 Å². The fourth-order valence-electron chi connectivity index (χ4n) is 1.79. The summed E-state index contributed by atoms with van der Waals surface area (Å²) >= 11 is 12.0. The van der Waals surface area contributed by atoms with Gasteiger partial charge in [-0.05, 0) is 24.3 Å². The smallest absolute Gasteiger partial charge is 0.272 e. The van der Waals surface area contributed by atoms with Crippen molar-refractivity contribution in [3.8, 4) is 11.8 Å². The van der Waals surface area contributed by atoms with E-state index >= 15 is 0 Å². The molecular weight excluding hydrogens is 309 g/mol. The van der Waals surface area contributed by atoms with Crippen molar-refractivity contribution in [2.75, 3.05) is 11.9 Å². The Hall–Kier alpha value is -1.93. The molecule has 0 unspecified atom stereocenters. The van der Waals surface area contributed by atoms with Gasteiger partial charge >= 0.3 is 0 Å².